The van der Waals surface area contributed by atoms with Crippen molar-refractivity contribution in [2.24, 2.45) is 5.92 Å². The molecule has 4 N–H and O–H groups in total. The highest BCUT2D eigenvalue weighted by molar-refractivity contribution is 5.91. The van der Waals surface area contributed by atoms with Gasteiger partial charge in [-0.05, 0) is 49.8 Å². The standard InChI is InChI=1S/C21H23N5O/c22-20-19-18(16-5-6-17-15(11-16)7-8-23-17)25-21(26(19)10-9-24-20)14-3-1-13(12-27)2-4-14/h5-11,13-14,23,27H,1-4,12H2,(H2,22,24). The van der Waals surface area contributed by atoms with Crippen LogP contribution >= 0.6 is 0 Å². The third kappa shape index (κ3) is 2.68. The van der Waals surface area contributed by atoms with E-state index in [0.29, 0.717) is 17.7 Å². The molecule has 3 aromatic heterocycles. The van der Waals surface area contributed by atoms with Crippen LogP contribution in [0.15, 0.2) is 42.9 Å². The van der Waals surface area contributed by atoms with Gasteiger partial charge >= 0.3 is 0 Å². The van der Waals surface area contributed by atoms with Gasteiger partial charge in [0.15, 0.2) is 0 Å². The van der Waals surface area contributed by atoms with Crippen LogP contribution in [0.2, 0.25) is 0 Å². The van der Waals surface area contributed by atoms with Crippen molar-refractivity contribution in [3.8, 4) is 11.3 Å². The summed E-state index contributed by atoms with van der Waals surface area (Å²) in [5.41, 5.74) is 10.2. The number of hydrogen-bond acceptors (Lipinski definition) is 4. The molecule has 0 amide bonds. The van der Waals surface area contributed by atoms with Crippen molar-refractivity contribution >= 4 is 22.2 Å². The lowest BCUT2D eigenvalue weighted by Crippen LogP contribution is -2.17. The molecule has 3 heterocycles. The zero-order chi connectivity index (χ0) is 18.4. The average Bonchev–Trinajstić information content (AvgIpc) is 3.33. The first-order valence-corrected chi connectivity index (χ1v) is 9.55. The number of nitrogen functional groups attached to an aromatic ring is 1. The molecular weight excluding hydrogens is 338 g/mol. The number of aliphatic hydroxyl groups is 1. The van der Waals surface area contributed by atoms with E-state index < -0.39 is 0 Å². The highest BCUT2D eigenvalue weighted by Gasteiger charge is 2.27. The molecule has 0 saturated heterocycles. The molecule has 27 heavy (non-hydrogen) atoms. The van der Waals surface area contributed by atoms with Gasteiger partial charge < -0.3 is 15.8 Å². The van der Waals surface area contributed by atoms with E-state index in [-0.39, 0.29) is 6.61 Å². The van der Waals surface area contributed by atoms with Crippen molar-refractivity contribution in [1.82, 2.24) is 19.4 Å². The SMILES string of the molecule is Nc1nccn2c(C3CCC(CO)CC3)nc(-c3ccc4[nH]ccc4c3)c12. The predicted molar refractivity (Wildman–Crippen MR) is 106 cm³/mol. The number of fused-ring (bicyclic) bond motifs is 2. The lowest BCUT2D eigenvalue weighted by molar-refractivity contribution is 0.181. The Morgan fingerprint density at radius 2 is 2.04 bits per heavy atom. The molecule has 138 valence electrons. The van der Waals surface area contributed by atoms with Gasteiger partial charge in [0.25, 0.3) is 0 Å². The van der Waals surface area contributed by atoms with E-state index in [1.807, 2.05) is 12.4 Å². The minimum absolute atomic E-state index is 0.286. The van der Waals surface area contributed by atoms with Gasteiger partial charge in [0.2, 0.25) is 0 Å². The van der Waals surface area contributed by atoms with Crippen molar-refractivity contribution in [3.05, 3.63) is 48.7 Å². The van der Waals surface area contributed by atoms with Crippen LogP contribution in [-0.2, 0) is 0 Å². The van der Waals surface area contributed by atoms with E-state index in [1.165, 1.54) is 0 Å². The largest absolute Gasteiger partial charge is 0.396 e. The van der Waals surface area contributed by atoms with Crippen LogP contribution < -0.4 is 5.73 Å². The first-order valence-electron chi connectivity index (χ1n) is 9.55. The molecule has 0 bridgehead atoms. The van der Waals surface area contributed by atoms with Gasteiger partial charge in [0.05, 0.1) is 0 Å². The summed E-state index contributed by atoms with van der Waals surface area (Å²) < 4.78 is 2.11. The highest BCUT2D eigenvalue weighted by atomic mass is 16.3. The van der Waals surface area contributed by atoms with Crippen LogP contribution in [0.5, 0.6) is 0 Å². The Balaban J connectivity index is 1.64. The molecule has 1 aliphatic carbocycles. The van der Waals surface area contributed by atoms with Gasteiger partial charge in [-0.15, -0.1) is 0 Å². The van der Waals surface area contributed by atoms with Crippen LogP contribution in [0.4, 0.5) is 5.82 Å². The van der Waals surface area contributed by atoms with E-state index in [1.54, 1.807) is 6.20 Å². The Morgan fingerprint density at radius 1 is 1.19 bits per heavy atom. The smallest absolute Gasteiger partial charge is 0.150 e. The van der Waals surface area contributed by atoms with Crippen molar-refractivity contribution in [2.75, 3.05) is 12.3 Å². The third-order valence-corrected chi connectivity index (χ3v) is 5.91. The molecule has 6 nitrogen and oxygen atoms in total. The molecule has 1 aliphatic rings. The first kappa shape index (κ1) is 16.3. The summed E-state index contributed by atoms with van der Waals surface area (Å²) in [6, 6.07) is 8.37. The first-order chi connectivity index (χ1) is 13.2. The van der Waals surface area contributed by atoms with Crippen LogP contribution in [0.3, 0.4) is 0 Å². The maximum absolute atomic E-state index is 9.43. The van der Waals surface area contributed by atoms with Gasteiger partial charge in [0.1, 0.15) is 22.9 Å². The van der Waals surface area contributed by atoms with Crippen LogP contribution in [0.1, 0.15) is 37.4 Å². The molecule has 1 saturated carbocycles. The molecule has 6 heteroatoms. The van der Waals surface area contributed by atoms with Crippen molar-refractivity contribution in [3.63, 3.8) is 0 Å². The van der Waals surface area contributed by atoms with E-state index >= 15 is 0 Å². The van der Waals surface area contributed by atoms with E-state index in [0.717, 1.165) is 59.2 Å². The lowest BCUT2D eigenvalue weighted by atomic mass is 9.82. The third-order valence-electron chi connectivity index (χ3n) is 5.91. The van der Waals surface area contributed by atoms with Gasteiger partial charge in [-0.3, -0.25) is 4.40 Å². The van der Waals surface area contributed by atoms with E-state index in [2.05, 4.69) is 38.6 Å². The summed E-state index contributed by atoms with van der Waals surface area (Å²) in [5.74, 6) is 2.37. The Morgan fingerprint density at radius 3 is 2.85 bits per heavy atom. The van der Waals surface area contributed by atoms with Crippen molar-refractivity contribution in [1.29, 1.82) is 0 Å². The maximum Gasteiger partial charge on any atom is 0.150 e. The van der Waals surface area contributed by atoms with E-state index in [9.17, 15) is 5.11 Å². The predicted octanol–water partition coefficient (Wildman–Crippen LogP) is 3.73. The zero-order valence-electron chi connectivity index (χ0n) is 15.1. The van der Waals surface area contributed by atoms with Crippen molar-refractivity contribution < 1.29 is 5.11 Å². The number of anilines is 1. The summed E-state index contributed by atoms with van der Waals surface area (Å²) in [4.78, 5) is 12.6. The van der Waals surface area contributed by atoms with Crippen LogP contribution in [-0.4, -0.2) is 31.1 Å². The number of benzene rings is 1. The minimum atomic E-state index is 0.286. The number of rotatable bonds is 3. The summed E-state index contributed by atoms with van der Waals surface area (Å²) in [7, 11) is 0. The summed E-state index contributed by atoms with van der Waals surface area (Å²) in [5, 5.41) is 10.6. The Hall–Kier alpha value is -2.86. The summed E-state index contributed by atoms with van der Waals surface area (Å²) in [6.45, 7) is 0.286. The maximum atomic E-state index is 9.43. The Kier molecular flexibility index (Phi) is 3.86. The van der Waals surface area contributed by atoms with Crippen LogP contribution in [0, 0.1) is 5.92 Å². The molecule has 0 atom stereocenters. The van der Waals surface area contributed by atoms with Gasteiger partial charge in [0, 0.05) is 47.6 Å². The molecule has 5 rings (SSSR count). The molecule has 1 aromatic carbocycles. The molecule has 1 fully saturated rings. The topological polar surface area (TPSA) is 92.2 Å². The number of hydrogen-bond donors (Lipinski definition) is 3. The second-order valence-corrected chi connectivity index (χ2v) is 7.53. The van der Waals surface area contributed by atoms with Crippen LogP contribution in [0.25, 0.3) is 27.7 Å². The number of nitrogens with one attached hydrogen (secondary N) is 1. The molecule has 0 aliphatic heterocycles. The summed E-state index contributed by atoms with van der Waals surface area (Å²) in [6.07, 6.45) is 9.82. The molecule has 0 radical (unpaired) electrons. The number of imidazole rings is 1. The van der Waals surface area contributed by atoms with Gasteiger partial charge in [-0.25, -0.2) is 9.97 Å². The number of nitrogens with zero attached hydrogens (tertiary/aromatic N) is 3. The molecular formula is C21H23N5O. The van der Waals surface area contributed by atoms with Gasteiger partial charge in [-0.1, -0.05) is 6.07 Å². The quantitative estimate of drug-likeness (QED) is 0.518. The Labute approximate surface area is 157 Å². The molecule has 0 spiro atoms. The minimum Gasteiger partial charge on any atom is -0.396 e. The average molecular weight is 361 g/mol. The molecule has 0 unspecified atom stereocenters. The normalized spacial score (nSPS) is 20.5. The van der Waals surface area contributed by atoms with E-state index in [4.69, 9.17) is 10.7 Å². The fourth-order valence-corrected chi connectivity index (χ4v) is 4.38. The second kappa shape index (κ2) is 6.39. The summed E-state index contributed by atoms with van der Waals surface area (Å²) >= 11 is 0. The highest BCUT2D eigenvalue weighted by Crippen LogP contribution is 2.38. The zero-order valence-corrected chi connectivity index (χ0v) is 15.1. The fourth-order valence-electron chi connectivity index (χ4n) is 4.38. The number of aliphatic hydroxyl groups excluding tert-OH is 1. The number of H-pyrrole nitrogens is 1. The number of aromatic nitrogens is 4. The second-order valence-electron chi connectivity index (χ2n) is 7.53. The number of nitrogens with two attached hydrogens (primary N) is 1. The lowest BCUT2D eigenvalue weighted by Gasteiger charge is -2.26. The molecule has 4 aromatic rings. The monoisotopic (exact) mass is 361 g/mol. The van der Waals surface area contributed by atoms with Crippen molar-refractivity contribution in [2.45, 2.75) is 31.6 Å². The van der Waals surface area contributed by atoms with Gasteiger partial charge in [-0.2, -0.15) is 0 Å². The fraction of sp³-hybridized carbons (Fsp3) is 0.333. The number of aromatic amines is 1. The Bertz CT molecular complexity index is 1100.